The zero-order valence-electron chi connectivity index (χ0n) is 9.09. The van der Waals surface area contributed by atoms with Crippen LogP contribution in [0.4, 0.5) is 5.69 Å². The number of benzene rings is 1. The SMILES string of the molecule is Cc1cc(Br)ccc1NC(=O)C1(CO)CC1. The number of amides is 1. The first-order valence-electron chi connectivity index (χ1n) is 5.26. The highest BCUT2D eigenvalue weighted by molar-refractivity contribution is 9.10. The molecule has 86 valence electrons. The molecular weight excluding hydrogens is 270 g/mol. The van der Waals surface area contributed by atoms with Crippen molar-refractivity contribution in [3.05, 3.63) is 28.2 Å². The molecule has 1 saturated carbocycles. The molecule has 0 spiro atoms. The molecule has 0 unspecified atom stereocenters. The lowest BCUT2D eigenvalue weighted by molar-refractivity contribution is -0.122. The molecule has 0 radical (unpaired) electrons. The van der Waals surface area contributed by atoms with E-state index >= 15 is 0 Å². The fourth-order valence-electron chi connectivity index (χ4n) is 1.63. The van der Waals surface area contributed by atoms with Gasteiger partial charge in [-0.3, -0.25) is 4.79 Å². The zero-order chi connectivity index (χ0) is 11.8. The summed E-state index contributed by atoms with van der Waals surface area (Å²) in [5, 5.41) is 12.0. The van der Waals surface area contributed by atoms with Gasteiger partial charge in [-0.1, -0.05) is 15.9 Å². The van der Waals surface area contributed by atoms with Gasteiger partial charge in [-0.05, 0) is 43.5 Å². The van der Waals surface area contributed by atoms with E-state index in [9.17, 15) is 4.79 Å². The van der Waals surface area contributed by atoms with E-state index in [0.717, 1.165) is 28.6 Å². The van der Waals surface area contributed by atoms with Crippen molar-refractivity contribution in [3.8, 4) is 0 Å². The van der Waals surface area contributed by atoms with Crippen molar-refractivity contribution in [1.29, 1.82) is 0 Å². The van der Waals surface area contributed by atoms with E-state index in [2.05, 4.69) is 21.2 Å². The maximum Gasteiger partial charge on any atom is 0.232 e. The molecule has 2 N–H and O–H groups in total. The summed E-state index contributed by atoms with van der Waals surface area (Å²) in [6, 6.07) is 5.71. The van der Waals surface area contributed by atoms with Gasteiger partial charge in [-0.2, -0.15) is 0 Å². The monoisotopic (exact) mass is 283 g/mol. The molecular formula is C12H14BrNO2. The Morgan fingerprint density at radius 1 is 1.56 bits per heavy atom. The summed E-state index contributed by atoms with van der Waals surface area (Å²) in [7, 11) is 0. The fourth-order valence-corrected chi connectivity index (χ4v) is 2.11. The summed E-state index contributed by atoms with van der Waals surface area (Å²) >= 11 is 3.38. The second-order valence-electron chi connectivity index (χ2n) is 4.35. The third kappa shape index (κ3) is 2.13. The molecule has 1 aromatic rings. The van der Waals surface area contributed by atoms with Crippen molar-refractivity contribution in [3.63, 3.8) is 0 Å². The highest BCUT2D eigenvalue weighted by Gasteiger charge is 2.49. The number of aliphatic hydroxyl groups excluding tert-OH is 1. The van der Waals surface area contributed by atoms with E-state index in [1.54, 1.807) is 0 Å². The van der Waals surface area contributed by atoms with E-state index in [-0.39, 0.29) is 12.5 Å². The number of aliphatic hydroxyl groups is 1. The number of halogens is 1. The van der Waals surface area contributed by atoms with Crippen molar-refractivity contribution < 1.29 is 9.90 Å². The number of hydrogen-bond acceptors (Lipinski definition) is 2. The van der Waals surface area contributed by atoms with Crippen LogP contribution in [0.3, 0.4) is 0 Å². The number of hydrogen-bond donors (Lipinski definition) is 2. The molecule has 16 heavy (non-hydrogen) atoms. The van der Waals surface area contributed by atoms with Crippen molar-refractivity contribution in [1.82, 2.24) is 0 Å². The highest BCUT2D eigenvalue weighted by atomic mass is 79.9. The summed E-state index contributed by atoms with van der Waals surface area (Å²) in [5.74, 6) is -0.0691. The molecule has 0 aliphatic heterocycles. The van der Waals surface area contributed by atoms with E-state index < -0.39 is 5.41 Å². The van der Waals surface area contributed by atoms with Gasteiger partial charge in [-0.15, -0.1) is 0 Å². The van der Waals surface area contributed by atoms with Crippen molar-refractivity contribution >= 4 is 27.5 Å². The fraction of sp³-hybridized carbons (Fsp3) is 0.417. The predicted molar refractivity (Wildman–Crippen MR) is 66.3 cm³/mol. The minimum atomic E-state index is -0.514. The Labute approximate surface area is 103 Å². The number of nitrogens with one attached hydrogen (secondary N) is 1. The molecule has 1 amide bonds. The topological polar surface area (TPSA) is 49.3 Å². The number of rotatable bonds is 3. The lowest BCUT2D eigenvalue weighted by Crippen LogP contribution is -2.27. The van der Waals surface area contributed by atoms with Crippen LogP contribution in [0.5, 0.6) is 0 Å². The van der Waals surface area contributed by atoms with Gasteiger partial charge in [0.15, 0.2) is 0 Å². The molecule has 0 aromatic heterocycles. The average Bonchev–Trinajstić information content (AvgIpc) is 3.03. The minimum absolute atomic E-state index is 0.0611. The van der Waals surface area contributed by atoms with Gasteiger partial charge in [0.25, 0.3) is 0 Å². The van der Waals surface area contributed by atoms with Gasteiger partial charge in [-0.25, -0.2) is 0 Å². The highest BCUT2D eigenvalue weighted by Crippen LogP contribution is 2.46. The Hall–Kier alpha value is -0.870. The number of anilines is 1. The summed E-state index contributed by atoms with van der Waals surface area (Å²) in [5.41, 5.74) is 1.31. The molecule has 1 fully saturated rings. The van der Waals surface area contributed by atoms with Gasteiger partial charge in [0.05, 0.1) is 12.0 Å². The summed E-state index contributed by atoms with van der Waals surface area (Å²) < 4.78 is 0.992. The van der Waals surface area contributed by atoms with E-state index in [1.807, 2.05) is 25.1 Å². The van der Waals surface area contributed by atoms with Gasteiger partial charge in [0.1, 0.15) is 0 Å². The first-order valence-corrected chi connectivity index (χ1v) is 6.05. The molecule has 2 rings (SSSR count). The Morgan fingerprint density at radius 2 is 2.25 bits per heavy atom. The molecule has 0 bridgehead atoms. The zero-order valence-corrected chi connectivity index (χ0v) is 10.7. The second-order valence-corrected chi connectivity index (χ2v) is 5.27. The standard InChI is InChI=1S/C12H14BrNO2/c1-8-6-9(13)2-3-10(8)14-11(16)12(7-15)4-5-12/h2-3,6,15H,4-5,7H2,1H3,(H,14,16). The molecule has 3 nitrogen and oxygen atoms in total. The molecule has 0 saturated heterocycles. The predicted octanol–water partition coefficient (Wildman–Crippen LogP) is 2.47. The quantitative estimate of drug-likeness (QED) is 0.895. The summed E-state index contributed by atoms with van der Waals surface area (Å²) in [6.07, 6.45) is 1.57. The van der Waals surface area contributed by atoms with E-state index in [1.165, 1.54) is 0 Å². The van der Waals surface area contributed by atoms with E-state index in [0.29, 0.717) is 0 Å². The molecule has 0 heterocycles. The Balaban J connectivity index is 2.12. The van der Waals surface area contributed by atoms with Crippen LogP contribution >= 0.6 is 15.9 Å². The lowest BCUT2D eigenvalue weighted by Gasteiger charge is -2.14. The van der Waals surface area contributed by atoms with Crippen LogP contribution in [-0.4, -0.2) is 17.6 Å². The largest absolute Gasteiger partial charge is 0.395 e. The smallest absolute Gasteiger partial charge is 0.232 e. The summed E-state index contributed by atoms with van der Waals surface area (Å²) in [4.78, 5) is 11.9. The van der Waals surface area contributed by atoms with Gasteiger partial charge in [0, 0.05) is 10.2 Å². The van der Waals surface area contributed by atoms with Crippen LogP contribution in [0.15, 0.2) is 22.7 Å². The minimum Gasteiger partial charge on any atom is -0.395 e. The number of carbonyl (C=O) groups is 1. The Bertz CT molecular complexity index is 427. The molecule has 1 aromatic carbocycles. The Morgan fingerprint density at radius 3 is 2.75 bits per heavy atom. The third-order valence-corrected chi connectivity index (χ3v) is 3.57. The van der Waals surface area contributed by atoms with Crippen LogP contribution < -0.4 is 5.32 Å². The van der Waals surface area contributed by atoms with Gasteiger partial charge >= 0.3 is 0 Å². The molecule has 4 heteroatoms. The Kier molecular flexibility index (Phi) is 3.04. The summed E-state index contributed by atoms with van der Waals surface area (Å²) in [6.45, 7) is 1.88. The van der Waals surface area contributed by atoms with E-state index in [4.69, 9.17) is 5.11 Å². The van der Waals surface area contributed by atoms with Crippen LogP contribution in [-0.2, 0) is 4.79 Å². The van der Waals surface area contributed by atoms with Crippen molar-refractivity contribution in [2.45, 2.75) is 19.8 Å². The van der Waals surface area contributed by atoms with Gasteiger partial charge in [0.2, 0.25) is 5.91 Å². The van der Waals surface area contributed by atoms with Crippen molar-refractivity contribution in [2.24, 2.45) is 5.41 Å². The average molecular weight is 284 g/mol. The molecule has 0 atom stereocenters. The van der Waals surface area contributed by atoms with Crippen molar-refractivity contribution in [2.75, 3.05) is 11.9 Å². The normalized spacial score (nSPS) is 16.9. The van der Waals surface area contributed by atoms with Crippen LogP contribution in [0.2, 0.25) is 0 Å². The third-order valence-electron chi connectivity index (χ3n) is 3.07. The van der Waals surface area contributed by atoms with Crippen LogP contribution in [0.1, 0.15) is 18.4 Å². The maximum atomic E-state index is 11.9. The maximum absolute atomic E-state index is 11.9. The van der Waals surface area contributed by atoms with Crippen LogP contribution in [0.25, 0.3) is 0 Å². The molecule has 1 aliphatic carbocycles. The second kappa shape index (κ2) is 4.18. The van der Waals surface area contributed by atoms with Crippen LogP contribution in [0, 0.1) is 12.3 Å². The molecule has 1 aliphatic rings. The first-order chi connectivity index (χ1) is 7.57. The lowest BCUT2D eigenvalue weighted by atomic mass is 10.1. The number of aryl methyl sites for hydroxylation is 1. The first kappa shape index (κ1) is 11.6. The van der Waals surface area contributed by atoms with Gasteiger partial charge < -0.3 is 10.4 Å². The number of carbonyl (C=O) groups excluding carboxylic acids is 1.